The third-order valence-electron chi connectivity index (χ3n) is 3.06. The van der Waals surface area contributed by atoms with Crippen molar-refractivity contribution in [2.75, 3.05) is 26.4 Å². The molecule has 0 heterocycles. The number of rotatable bonds is 11. The van der Waals surface area contributed by atoms with Gasteiger partial charge in [0.05, 0.1) is 32.0 Å². The van der Waals surface area contributed by atoms with Crippen LogP contribution in [0, 0.1) is 5.41 Å². The molecule has 0 aliphatic carbocycles. The predicted octanol–water partition coefficient (Wildman–Crippen LogP) is 3.16. The maximum Gasteiger partial charge on any atom is 0.221 e. The van der Waals surface area contributed by atoms with E-state index in [0.29, 0.717) is 32.8 Å². The second-order valence-corrected chi connectivity index (χ2v) is 7.92. The molecular weight excluding hydrogens is 294 g/mol. The molecule has 0 bridgehead atoms. The number of hydrogen-bond acceptors (Lipinski definition) is 4. The molecular formula is C18H37NO4. The highest BCUT2D eigenvalue weighted by Crippen LogP contribution is 2.20. The average Bonchev–Trinajstić information content (AvgIpc) is 2.38. The summed E-state index contributed by atoms with van der Waals surface area (Å²) in [5, 5.41) is 3.12. The van der Waals surface area contributed by atoms with Gasteiger partial charge in [0.2, 0.25) is 5.91 Å². The topological polar surface area (TPSA) is 56.8 Å². The Balaban J connectivity index is 5.10. The first kappa shape index (κ1) is 22.4. The van der Waals surface area contributed by atoms with E-state index in [2.05, 4.69) is 5.32 Å². The minimum Gasteiger partial charge on any atom is -0.379 e. The molecule has 0 unspecified atom stereocenters. The Labute approximate surface area is 142 Å². The van der Waals surface area contributed by atoms with Gasteiger partial charge in [0.15, 0.2) is 0 Å². The lowest BCUT2D eigenvalue weighted by Gasteiger charge is -2.36. The molecule has 0 radical (unpaired) electrons. The van der Waals surface area contributed by atoms with Crippen molar-refractivity contribution >= 4 is 5.91 Å². The Morgan fingerprint density at radius 1 is 0.957 bits per heavy atom. The number of ether oxygens (including phenoxy) is 3. The quantitative estimate of drug-likeness (QED) is 0.632. The molecule has 0 aromatic heterocycles. The van der Waals surface area contributed by atoms with E-state index in [1.54, 1.807) is 0 Å². The lowest BCUT2D eigenvalue weighted by molar-refractivity contribution is -0.130. The van der Waals surface area contributed by atoms with Gasteiger partial charge in [0.1, 0.15) is 5.54 Å². The molecule has 5 heteroatoms. The van der Waals surface area contributed by atoms with Crippen LogP contribution in [0.4, 0.5) is 0 Å². The van der Waals surface area contributed by atoms with Crippen molar-refractivity contribution in [1.82, 2.24) is 5.32 Å². The fourth-order valence-corrected chi connectivity index (χ4v) is 2.00. The van der Waals surface area contributed by atoms with Gasteiger partial charge < -0.3 is 19.5 Å². The third kappa shape index (κ3) is 11.5. The SMILES string of the molecule is CCOCC(COC(C)C)(COC(C)C)NC(=O)CC(C)(C)C. The summed E-state index contributed by atoms with van der Waals surface area (Å²) in [6.07, 6.45) is 0.605. The van der Waals surface area contributed by atoms with Crippen LogP contribution in [-0.4, -0.2) is 50.1 Å². The van der Waals surface area contributed by atoms with Crippen LogP contribution in [0.3, 0.4) is 0 Å². The number of hydrogen-bond donors (Lipinski definition) is 1. The van der Waals surface area contributed by atoms with E-state index in [1.807, 2.05) is 55.4 Å². The van der Waals surface area contributed by atoms with Crippen LogP contribution in [0.5, 0.6) is 0 Å². The Kier molecular flexibility index (Phi) is 9.97. The van der Waals surface area contributed by atoms with Crippen molar-refractivity contribution in [2.45, 2.75) is 79.6 Å². The fraction of sp³-hybridized carbons (Fsp3) is 0.944. The van der Waals surface area contributed by atoms with Crippen molar-refractivity contribution < 1.29 is 19.0 Å². The molecule has 0 spiro atoms. The number of carbonyl (C=O) groups excluding carboxylic acids is 1. The summed E-state index contributed by atoms with van der Waals surface area (Å²) >= 11 is 0. The molecule has 1 amide bonds. The van der Waals surface area contributed by atoms with Gasteiger partial charge in [0.25, 0.3) is 0 Å². The van der Waals surface area contributed by atoms with E-state index in [4.69, 9.17) is 14.2 Å². The summed E-state index contributed by atoms with van der Waals surface area (Å²) in [7, 11) is 0. The summed E-state index contributed by atoms with van der Waals surface area (Å²) in [4.78, 5) is 12.4. The van der Waals surface area contributed by atoms with E-state index >= 15 is 0 Å². The van der Waals surface area contributed by atoms with Gasteiger partial charge in [-0.2, -0.15) is 0 Å². The van der Waals surface area contributed by atoms with Crippen molar-refractivity contribution in [3.8, 4) is 0 Å². The van der Waals surface area contributed by atoms with Crippen LogP contribution in [0.1, 0.15) is 61.8 Å². The van der Waals surface area contributed by atoms with Crippen LogP contribution in [0.25, 0.3) is 0 Å². The molecule has 138 valence electrons. The minimum absolute atomic E-state index is 0.00286. The molecule has 0 aliphatic rings. The molecule has 0 fully saturated rings. The Hall–Kier alpha value is -0.650. The van der Waals surface area contributed by atoms with Crippen molar-refractivity contribution in [2.24, 2.45) is 5.41 Å². The largest absolute Gasteiger partial charge is 0.379 e. The normalized spacial score (nSPS) is 13.0. The maximum atomic E-state index is 12.4. The molecule has 0 atom stereocenters. The van der Waals surface area contributed by atoms with E-state index < -0.39 is 5.54 Å². The second kappa shape index (κ2) is 10.3. The Morgan fingerprint density at radius 3 is 1.78 bits per heavy atom. The molecule has 1 N–H and O–H groups in total. The van der Waals surface area contributed by atoms with Gasteiger partial charge in [-0.05, 0) is 40.0 Å². The van der Waals surface area contributed by atoms with Gasteiger partial charge in [-0.3, -0.25) is 4.79 Å². The van der Waals surface area contributed by atoms with E-state index in [9.17, 15) is 4.79 Å². The molecule has 0 aliphatic heterocycles. The van der Waals surface area contributed by atoms with Crippen LogP contribution < -0.4 is 5.32 Å². The molecule has 0 aromatic carbocycles. The number of carbonyl (C=O) groups is 1. The second-order valence-electron chi connectivity index (χ2n) is 7.92. The highest BCUT2D eigenvalue weighted by Gasteiger charge is 2.35. The van der Waals surface area contributed by atoms with Crippen molar-refractivity contribution in [3.05, 3.63) is 0 Å². The Morgan fingerprint density at radius 2 is 1.43 bits per heavy atom. The lowest BCUT2D eigenvalue weighted by atomic mass is 9.91. The Bertz CT molecular complexity index is 322. The molecule has 5 nitrogen and oxygen atoms in total. The lowest BCUT2D eigenvalue weighted by Crippen LogP contribution is -2.59. The number of nitrogens with one attached hydrogen (secondary N) is 1. The zero-order valence-electron chi connectivity index (χ0n) is 16.3. The fourth-order valence-electron chi connectivity index (χ4n) is 2.00. The zero-order chi connectivity index (χ0) is 18.1. The van der Waals surface area contributed by atoms with Crippen molar-refractivity contribution in [1.29, 1.82) is 0 Å². The summed E-state index contributed by atoms with van der Waals surface area (Å²) < 4.78 is 17.2. The monoisotopic (exact) mass is 331 g/mol. The van der Waals surface area contributed by atoms with E-state index in [-0.39, 0.29) is 23.5 Å². The summed E-state index contributed by atoms with van der Waals surface area (Å²) in [6, 6.07) is 0. The van der Waals surface area contributed by atoms with Crippen LogP contribution >= 0.6 is 0 Å². The van der Waals surface area contributed by atoms with Gasteiger partial charge >= 0.3 is 0 Å². The highest BCUT2D eigenvalue weighted by molar-refractivity contribution is 5.77. The molecule has 0 rings (SSSR count). The molecule has 0 aromatic rings. The standard InChI is InChI=1S/C18H37NO4/c1-9-21-11-18(12-22-14(2)3,13-23-15(4)5)19-16(20)10-17(6,7)8/h14-15H,9-13H2,1-8H3,(H,19,20). The van der Waals surface area contributed by atoms with Gasteiger partial charge in [0, 0.05) is 13.0 Å². The highest BCUT2D eigenvalue weighted by atomic mass is 16.5. The van der Waals surface area contributed by atoms with Gasteiger partial charge in [-0.15, -0.1) is 0 Å². The first-order valence-corrected chi connectivity index (χ1v) is 8.61. The predicted molar refractivity (Wildman–Crippen MR) is 93.6 cm³/mol. The van der Waals surface area contributed by atoms with E-state index in [0.717, 1.165) is 0 Å². The average molecular weight is 331 g/mol. The third-order valence-corrected chi connectivity index (χ3v) is 3.06. The van der Waals surface area contributed by atoms with Crippen LogP contribution in [0.2, 0.25) is 0 Å². The summed E-state index contributed by atoms with van der Waals surface area (Å²) in [5.41, 5.74) is -0.730. The molecule has 0 saturated carbocycles. The summed E-state index contributed by atoms with van der Waals surface area (Å²) in [5.74, 6) is -0.00286. The molecule has 23 heavy (non-hydrogen) atoms. The maximum absolute atomic E-state index is 12.4. The first-order valence-electron chi connectivity index (χ1n) is 8.61. The van der Waals surface area contributed by atoms with Crippen molar-refractivity contribution in [3.63, 3.8) is 0 Å². The van der Waals surface area contributed by atoms with Gasteiger partial charge in [-0.25, -0.2) is 0 Å². The van der Waals surface area contributed by atoms with E-state index in [1.165, 1.54) is 0 Å². The smallest absolute Gasteiger partial charge is 0.221 e. The van der Waals surface area contributed by atoms with Crippen LogP contribution in [-0.2, 0) is 19.0 Å². The minimum atomic E-state index is -0.660. The van der Waals surface area contributed by atoms with Crippen LogP contribution in [0.15, 0.2) is 0 Å². The molecule has 0 saturated heterocycles. The summed E-state index contributed by atoms with van der Waals surface area (Å²) in [6.45, 7) is 17.7. The first-order chi connectivity index (χ1) is 10.5. The number of amides is 1. The zero-order valence-corrected chi connectivity index (χ0v) is 16.3. The van der Waals surface area contributed by atoms with Gasteiger partial charge in [-0.1, -0.05) is 20.8 Å².